The molecule has 22 heavy (non-hydrogen) atoms. The second-order valence-corrected chi connectivity index (χ2v) is 5.60. The van der Waals surface area contributed by atoms with Crippen LogP contribution in [0.15, 0.2) is 18.2 Å². The Morgan fingerprint density at radius 3 is 2.73 bits per heavy atom. The Kier molecular flexibility index (Phi) is 5.66. The Balaban J connectivity index is 2.31. The van der Waals surface area contributed by atoms with Crippen LogP contribution >= 0.6 is 0 Å². The van der Waals surface area contributed by atoms with Gasteiger partial charge in [-0.3, -0.25) is 4.79 Å². The fourth-order valence-corrected chi connectivity index (χ4v) is 2.98. The van der Waals surface area contributed by atoms with Crippen molar-refractivity contribution in [1.82, 2.24) is 4.90 Å². The van der Waals surface area contributed by atoms with Gasteiger partial charge in [0.1, 0.15) is 0 Å². The van der Waals surface area contributed by atoms with Gasteiger partial charge in [0.05, 0.1) is 19.8 Å². The average molecular weight is 306 g/mol. The van der Waals surface area contributed by atoms with Gasteiger partial charge in [-0.1, -0.05) is 19.4 Å². The Morgan fingerprint density at radius 1 is 1.32 bits per heavy atom. The zero-order chi connectivity index (χ0) is 16.1. The number of amides is 1. The molecule has 0 radical (unpaired) electrons. The lowest BCUT2D eigenvalue weighted by Gasteiger charge is -2.28. The fraction of sp³-hybridized carbons (Fsp3) is 0.588. The molecule has 1 aliphatic rings. The first kappa shape index (κ1) is 16.6. The van der Waals surface area contributed by atoms with Gasteiger partial charge < -0.3 is 20.1 Å². The summed E-state index contributed by atoms with van der Waals surface area (Å²) in [6, 6.07) is 5.55. The number of nitrogens with two attached hydrogens (primary N) is 1. The maximum Gasteiger partial charge on any atom is 0.224 e. The minimum Gasteiger partial charge on any atom is -0.493 e. The van der Waals surface area contributed by atoms with Crippen LogP contribution in [0.2, 0.25) is 0 Å². The third kappa shape index (κ3) is 3.35. The van der Waals surface area contributed by atoms with E-state index in [4.69, 9.17) is 15.2 Å². The molecule has 122 valence electrons. The van der Waals surface area contributed by atoms with Crippen LogP contribution in [0.5, 0.6) is 11.5 Å². The largest absolute Gasteiger partial charge is 0.493 e. The van der Waals surface area contributed by atoms with Crippen molar-refractivity contribution in [3.8, 4) is 11.5 Å². The van der Waals surface area contributed by atoms with Crippen LogP contribution in [0, 0.1) is 0 Å². The third-order valence-electron chi connectivity index (χ3n) is 4.05. The summed E-state index contributed by atoms with van der Waals surface area (Å²) in [6.07, 6.45) is 2.45. The van der Waals surface area contributed by atoms with Gasteiger partial charge in [0.2, 0.25) is 5.91 Å². The normalized spacial score (nSPS) is 21.3. The first-order valence-electron chi connectivity index (χ1n) is 7.98. The molecule has 0 bridgehead atoms. The summed E-state index contributed by atoms with van der Waals surface area (Å²) < 4.78 is 11.0. The highest BCUT2D eigenvalue weighted by atomic mass is 16.5. The van der Waals surface area contributed by atoms with Crippen molar-refractivity contribution in [2.24, 2.45) is 5.73 Å². The number of ether oxygens (including phenoxy) is 2. The van der Waals surface area contributed by atoms with Crippen molar-refractivity contribution in [2.45, 2.75) is 45.2 Å². The number of hydrogen-bond acceptors (Lipinski definition) is 4. The Labute approximate surface area is 132 Å². The van der Waals surface area contributed by atoms with Crippen LogP contribution in [0.25, 0.3) is 0 Å². The summed E-state index contributed by atoms with van der Waals surface area (Å²) >= 11 is 0. The van der Waals surface area contributed by atoms with E-state index < -0.39 is 0 Å². The highest BCUT2D eigenvalue weighted by molar-refractivity contribution is 5.80. The maximum atomic E-state index is 12.2. The lowest BCUT2D eigenvalue weighted by molar-refractivity contribution is -0.129. The molecule has 5 heteroatoms. The standard InChI is InChI=1S/C17H26N2O3/c1-4-6-9-19-16(20)11-13(18)17(19)12-7-8-14(21-3)15(10-12)22-5-2/h7-8,10,13,17H,4-6,9,11,18H2,1-3H3. The maximum absolute atomic E-state index is 12.2. The van der Waals surface area contributed by atoms with Crippen LogP contribution in [0.4, 0.5) is 0 Å². The second kappa shape index (κ2) is 7.49. The molecular formula is C17H26N2O3. The molecule has 2 unspecified atom stereocenters. The van der Waals surface area contributed by atoms with Gasteiger partial charge in [-0.2, -0.15) is 0 Å². The number of methoxy groups -OCH3 is 1. The molecule has 1 saturated heterocycles. The van der Waals surface area contributed by atoms with Crippen molar-refractivity contribution in [2.75, 3.05) is 20.3 Å². The average Bonchev–Trinajstić information content (AvgIpc) is 2.79. The van der Waals surface area contributed by atoms with Gasteiger partial charge in [-0.05, 0) is 31.0 Å². The van der Waals surface area contributed by atoms with E-state index in [1.54, 1.807) is 7.11 Å². The lowest BCUT2D eigenvalue weighted by atomic mass is 10.00. The molecule has 1 amide bonds. The van der Waals surface area contributed by atoms with Crippen LogP contribution in [0.1, 0.15) is 44.7 Å². The topological polar surface area (TPSA) is 64.8 Å². The Morgan fingerprint density at radius 2 is 2.09 bits per heavy atom. The first-order chi connectivity index (χ1) is 10.6. The van der Waals surface area contributed by atoms with Crippen molar-refractivity contribution >= 4 is 5.91 Å². The zero-order valence-corrected chi connectivity index (χ0v) is 13.7. The zero-order valence-electron chi connectivity index (χ0n) is 13.7. The van der Waals surface area contributed by atoms with E-state index in [1.807, 2.05) is 30.0 Å². The van der Waals surface area contributed by atoms with Crippen molar-refractivity contribution in [1.29, 1.82) is 0 Å². The van der Waals surface area contributed by atoms with E-state index in [-0.39, 0.29) is 18.0 Å². The van der Waals surface area contributed by atoms with Gasteiger partial charge in [0.15, 0.2) is 11.5 Å². The van der Waals surface area contributed by atoms with Crippen LogP contribution in [0.3, 0.4) is 0 Å². The summed E-state index contributed by atoms with van der Waals surface area (Å²) in [5.74, 6) is 1.54. The quantitative estimate of drug-likeness (QED) is 0.840. The number of benzene rings is 1. The highest BCUT2D eigenvalue weighted by Crippen LogP contribution is 2.37. The molecule has 2 atom stereocenters. The molecule has 1 fully saturated rings. The predicted molar refractivity (Wildman–Crippen MR) is 86.1 cm³/mol. The van der Waals surface area contributed by atoms with E-state index in [0.717, 1.165) is 24.9 Å². The van der Waals surface area contributed by atoms with E-state index in [1.165, 1.54) is 0 Å². The highest BCUT2D eigenvalue weighted by Gasteiger charge is 2.38. The van der Waals surface area contributed by atoms with Gasteiger partial charge in [0.25, 0.3) is 0 Å². The van der Waals surface area contributed by atoms with Crippen LogP contribution in [-0.2, 0) is 4.79 Å². The smallest absolute Gasteiger partial charge is 0.224 e. The molecule has 1 aliphatic heterocycles. The third-order valence-corrected chi connectivity index (χ3v) is 4.05. The number of nitrogens with zero attached hydrogens (tertiary/aromatic N) is 1. The Hall–Kier alpha value is -1.75. The van der Waals surface area contributed by atoms with Crippen LogP contribution in [-0.4, -0.2) is 37.1 Å². The van der Waals surface area contributed by atoms with Crippen LogP contribution < -0.4 is 15.2 Å². The molecule has 1 heterocycles. The van der Waals surface area contributed by atoms with E-state index >= 15 is 0 Å². The lowest BCUT2D eigenvalue weighted by Crippen LogP contribution is -2.33. The number of hydrogen-bond donors (Lipinski definition) is 1. The molecule has 0 spiro atoms. The van der Waals surface area contributed by atoms with Crippen molar-refractivity contribution in [3.05, 3.63) is 23.8 Å². The summed E-state index contributed by atoms with van der Waals surface area (Å²) in [6.45, 7) is 5.37. The van der Waals surface area contributed by atoms with E-state index in [0.29, 0.717) is 24.5 Å². The van der Waals surface area contributed by atoms with E-state index in [9.17, 15) is 4.79 Å². The molecule has 1 aromatic rings. The number of carbonyl (C=O) groups is 1. The summed E-state index contributed by atoms with van der Waals surface area (Å²) in [7, 11) is 1.62. The van der Waals surface area contributed by atoms with Gasteiger partial charge >= 0.3 is 0 Å². The van der Waals surface area contributed by atoms with Crippen molar-refractivity contribution < 1.29 is 14.3 Å². The molecule has 0 aliphatic carbocycles. The van der Waals surface area contributed by atoms with Gasteiger partial charge in [-0.25, -0.2) is 0 Å². The molecular weight excluding hydrogens is 280 g/mol. The molecule has 2 rings (SSSR count). The minimum atomic E-state index is -0.174. The SMILES string of the molecule is CCCCN1C(=O)CC(N)C1c1ccc(OC)c(OCC)c1. The summed E-state index contributed by atoms with van der Waals surface area (Å²) in [5, 5.41) is 0. The van der Waals surface area contributed by atoms with Crippen molar-refractivity contribution in [3.63, 3.8) is 0 Å². The monoisotopic (exact) mass is 306 g/mol. The molecule has 0 aromatic heterocycles. The number of rotatable bonds is 7. The number of carbonyl (C=O) groups excluding carboxylic acids is 1. The molecule has 0 saturated carbocycles. The van der Waals surface area contributed by atoms with Gasteiger partial charge in [-0.15, -0.1) is 0 Å². The first-order valence-corrected chi connectivity index (χ1v) is 7.98. The summed E-state index contributed by atoms with van der Waals surface area (Å²) in [5.41, 5.74) is 7.24. The van der Waals surface area contributed by atoms with E-state index in [2.05, 4.69) is 6.92 Å². The number of unbranched alkanes of at least 4 members (excludes halogenated alkanes) is 1. The Bertz CT molecular complexity index is 519. The molecule has 2 N–H and O–H groups in total. The molecule has 5 nitrogen and oxygen atoms in total. The minimum absolute atomic E-state index is 0.0795. The predicted octanol–water partition coefficient (Wildman–Crippen LogP) is 2.49. The fourth-order valence-electron chi connectivity index (χ4n) is 2.98. The molecule has 1 aromatic carbocycles. The number of likely N-dealkylation sites (tertiary alicyclic amines) is 1. The summed E-state index contributed by atoms with van der Waals surface area (Å²) in [4.78, 5) is 14.1. The van der Waals surface area contributed by atoms with Gasteiger partial charge in [0, 0.05) is 19.0 Å². The second-order valence-electron chi connectivity index (χ2n) is 5.60.